The molecule has 10 heteroatoms. The number of ether oxygens (including phenoxy) is 1. The van der Waals surface area contributed by atoms with E-state index >= 15 is 0 Å². The molecule has 4 aromatic rings. The molecule has 1 aliphatic rings. The number of carboxylic acids is 1. The molecule has 2 heterocycles. The number of halogens is 1. The summed E-state index contributed by atoms with van der Waals surface area (Å²) in [6.07, 6.45) is 1.72. The second kappa shape index (κ2) is 11.2. The van der Waals surface area contributed by atoms with E-state index in [1.807, 2.05) is 60.7 Å². The first-order valence-electron chi connectivity index (χ1n) is 11.9. The number of amides is 1. The molecule has 3 aromatic carbocycles. The third-order valence-electron chi connectivity index (χ3n) is 6.06. The Labute approximate surface area is 233 Å². The number of carboxylic acid groups (broad SMARTS) is 1. The fourth-order valence-corrected chi connectivity index (χ4v) is 5.49. The van der Waals surface area contributed by atoms with Crippen LogP contribution in [0.5, 0.6) is 11.6 Å². The van der Waals surface area contributed by atoms with Crippen molar-refractivity contribution in [3.63, 3.8) is 0 Å². The van der Waals surface area contributed by atoms with Gasteiger partial charge in [-0.25, -0.2) is 9.18 Å². The Morgan fingerprint density at radius 2 is 1.72 bits per heavy atom. The van der Waals surface area contributed by atoms with E-state index in [0.717, 1.165) is 27.9 Å². The number of thioether (sulfide) groups is 1. The van der Waals surface area contributed by atoms with Crippen LogP contribution in [-0.2, 0) is 16.0 Å². The van der Waals surface area contributed by atoms with Gasteiger partial charge in [-0.3, -0.25) is 9.69 Å². The predicted molar refractivity (Wildman–Crippen MR) is 151 cm³/mol. The van der Waals surface area contributed by atoms with Gasteiger partial charge in [-0.1, -0.05) is 72.5 Å². The molecule has 1 N–H and O–H groups in total. The van der Waals surface area contributed by atoms with Crippen molar-refractivity contribution in [3.05, 3.63) is 112 Å². The van der Waals surface area contributed by atoms with E-state index in [0.29, 0.717) is 22.9 Å². The monoisotopic (exact) mass is 559 g/mol. The van der Waals surface area contributed by atoms with Gasteiger partial charge in [0.15, 0.2) is 0 Å². The van der Waals surface area contributed by atoms with Gasteiger partial charge >= 0.3 is 5.97 Å². The van der Waals surface area contributed by atoms with Crippen molar-refractivity contribution in [2.24, 2.45) is 0 Å². The van der Waals surface area contributed by atoms with Crippen LogP contribution in [-0.4, -0.2) is 42.0 Å². The van der Waals surface area contributed by atoms with E-state index in [-0.39, 0.29) is 15.6 Å². The first kappa shape index (κ1) is 26.3. The summed E-state index contributed by atoms with van der Waals surface area (Å²) in [5, 5.41) is 14.6. The molecule has 196 valence electrons. The third-order valence-corrected chi connectivity index (χ3v) is 7.39. The molecule has 0 aliphatic carbocycles. The van der Waals surface area contributed by atoms with Crippen molar-refractivity contribution < 1.29 is 23.8 Å². The average Bonchev–Trinajstić information content (AvgIpc) is 3.39. The topological polar surface area (TPSA) is 84.7 Å². The first-order valence-corrected chi connectivity index (χ1v) is 13.2. The summed E-state index contributed by atoms with van der Waals surface area (Å²) in [6, 6.07) is 22.8. The molecule has 39 heavy (non-hydrogen) atoms. The summed E-state index contributed by atoms with van der Waals surface area (Å²) in [5.41, 5.74) is 2.58. The van der Waals surface area contributed by atoms with E-state index in [9.17, 15) is 19.1 Å². The van der Waals surface area contributed by atoms with Crippen LogP contribution in [0.1, 0.15) is 16.8 Å². The molecular weight excluding hydrogens is 537 g/mol. The number of nitrogens with zero attached hydrogens (tertiary/aromatic N) is 3. The molecule has 0 unspecified atom stereocenters. The molecule has 1 aromatic heterocycles. The van der Waals surface area contributed by atoms with Crippen LogP contribution in [0.3, 0.4) is 0 Å². The van der Waals surface area contributed by atoms with Gasteiger partial charge in [0.1, 0.15) is 21.9 Å². The van der Waals surface area contributed by atoms with Gasteiger partial charge in [-0.15, -0.1) is 0 Å². The van der Waals surface area contributed by atoms with Crippen molar-refractivity contribution in [1.29, 1.82) is 0 Å². The molecule has 7 nitrogen and oxygen atoms in total. The minimum absolute atomic E-state index is 0.111. The fraction of sp³-hybridized carbons (Fsp3) is 0.103. The van der Waals surface area contributed by atoms with Crippen LogP contribution < -0.4 is 4.74 Å². The van der Waals surface area contributed by atoms with Gasteiger partial charge in [-0.2, -0.15) is 9.78 Å². The van der Waals surface area contributed by atoms with Crippen LogP contribution in [0.25, 0.3) is 11.8 Å². The Morgan fingerprint density at radius 3 is 2.36 bits per heavy atom. The molecule has 0 radical (unpaired) electrons. The summed E-state index contributed by atoms with van der Waals surface area (Å²) < 4.78 is 21.4. The van der Waals surface area contributed by atoms with E-state index in [2.05, 4.69) is 5.10 Å². The number of aromatic nitrogens is 2. The Kier molecular flexibility index (Phi) is 7.58. The Hall–Kier alpha value is -4.28. The molecule has 0 bridgehead atoms. The number of hydrogen-bond donors (Lipinski definition) is 1. The highest BCUT2D eigenvalue weighted by Gasteiger charge is 2.41. The van der Waals surface area contributed by atoms with Gasteiger partial charge in [0.25, 0.3) is 5.91 Å². The summed E-state index contributed by atoms with van der Waals surface area (Å²) in [6.45, 7) is 1.78. The zero-order valence-electron chi connectivity index (χ0n) is 20.7. The molecule has 0 saturated carbocycles. The van der Waals surface area contributed by atoms with Crippen molar-refractivity contribution >= 4 is 46.3 Å². The molecule has 1 atom stereocenters. The molecule has 1 amide bonds. The lowest BCUT2D eigenvalue weighted by atomic mass is 10.0. The summed E-state index contributed by atoms with van der Waals surface area (Å²) in [5.74, 6) is -1.36. The van der Waals surface area contributed by atoms with Crippen molar-refractivity contribution in [2.45, 2.75) is 19.4 Å². The smallest absolute Gasteiger partial charge is 0.327 e. The number of benzene rings is 3. The fourth-order valence-electron chi connectivity index (χ4n) is 4.15. The lowest BCUT2D eigenvalue weighted by molar-refractivity contribution is -0.145. The maximum absolute atomic E-state index is 13.5. The standard InChI is InChI=1S/C29H22FN3O4S2/c1-18-23(27(37-22-14-12-20(30)13-15-22)33(31-18)21-10-6-3-7-11-21)17-25-26(34)32(29(38)39-25)24(28(35)36)16-19-8-4-2-5-9-19/h2-15,17,24H,16H2,1H3,(H,35,36)/b25-17-/t24-/m0/s1. The normalized spacial score (nSPS) is 15.1. The van der Waals surface area contributed by atoms with E-state index in [1.165, 1.54) is 24.3 Å². The number of thiocarbonyl (C=S) groups is 1. The number of aliphatic carboxylic acids is 1. The molecule has 1 aliphatic heterocycles. The quantitative estimate of drug-likeness (QED) is 0.209. The van der Waals surface area contributed by atoms with Gasteiger partial charge < -0.3 is 9.84 Å². The van der Waals surface area contributed by atoms with Gasteiger partial charge in [0.05, 0.1) is 21.8 Å². The molecule has 1 fully saturated rings. The lowest BCUT2D eigenvalue weighted by Crippen LogP contribution is -2.45. The lowest BCUT2D eigenvalue weighted by Gasteiger charge is -2.23. The summed E-state index contributed by atoms with van der Waals surface area (Å²) in [4.78, 5) is 27.1. The van der Waals surface area contributed by atoms with Crippen LogP contribution in [0, 0.1) is 12.7 Å². The highest BCUT2D eigenvalue weighted by atomic mass is 32.2. The first-order chi connectivity index (χ1) is 18.8. The average molecular weight is 560 g/mol. The van der Waals surface area contributed by atoms with Crippen LogP contribution in [0.15, 0.2) is 89.8 Å². The molecule has 5 rings (SSSR count). The zero-order chi connectivity index (χ0) is 27.5. The molecular formula is C29H22FN3O4S2. The maximum atomic E-state index is 13.5. The van der Waals surface area contributed by atoms with E-state index in [1.54, 1.807) is 17.7 Å². The second-order valence-electron chi connectivity index (χ2n) is 8.70. The van der Waals surface area contributed by atoms with Crippen molar-refractivity contribution in [2.75, 3.05) is 0 Å². The summed E-state index contributed by atoms with van der Waals surface area (Å²) >= 11 is 6.49. The van der Waals surface area contributed by atoms with Crippen LogP contribution >= 0.6 is 24.0 Å². The van der Waals surface area contributed by atoms with Crippen LogP contribution in [0.2, 0.25) is 0 Å². The maximum Gasteiger partial charge on any atom is 0.327 e. The zero-order valence-corrected chi connectivity index (χ0v) is 22.3. The Morgan fingerprint density at radius 1 is 1.08 bits per heavy atom. The van der Waals surface area contributed by atoms with Gasteiger partial charge in [-0.05, 0) is 55.0 Å². The minimum Gasteiger partial charge on any atom is -0.480 e. The van der Waals surface area contributed by atoms with E-state index < -0.39 is 23.7 Å². The predicted octanol–water partition coefficient (Wildman–Crippen LogP) is 6.01. The molecule has 0 spiro atoms. The van der Waals surface area contributed by atoms with E-state index in [4.69, 9.17) is 17.0 Å². The second-order valence-corrected chi connectivity index (χ2v) is 10.4. The van der Waals surface area contributed by atoms with Crippen molar-refractivity contribution in [1.82, 2.24) is 14.7 Å². The summed E-state index contributed by atoms with van der Waals surface area (Å²) in [7, 11) is 0. The third kappa shape index (κ3) is 5.62. The number of rotatable bonds is 8. The van der Waals surface area contributed by atoms with Crippen molar-refractivity contribution in [3.8, 4) is 17.3 Å². The van der Waals surface area contributed by atoms with Crippen LogP contribution in [0.4, 0.5) is 4.39 Å². The Bertz CT molecular complexity index is 1570. The van der Waals surface area contributed by atoms with Gasteiger partial charge in [0.2, 0.25) is 5.88 Å². The Balaban J connectivity index is 1.53. The number of aryl methyl sites for hydroxylation is 1. The number of para-hydroxylation sites is 1. The van der Waals surface area contributed by atoms with Gasteiger partial charge in [0, 0.05) is 6.42 Å². The SMILES string of the molecule is Cc1nn(-c2ccccc2)c(Oc2ccc(F)cc2)c1/C=C1\SC(=S)N([C@@H](Cc2ccccc2)C(=O)O)C1=O. The largest absolute Gasteiger partial charge is 0.480 e. The minimum atomic E-state index is -1.16. The highest BCUT2D eigenvalue weighted by molar-refractivity contribution is 8.26. The number of carbonyl (C=O) groups is 2. The highest BCUT2D eigenvalue weighted by Crippen LogP contribution is 2.38. The molecule has 1 saturated heterocycles. The number of carbonyl (C=O) groups excluding carboxylic acids is 1. The number of hydrogen-bond acceptors (Lipinski definition) is 6.